The maximum Gasteiger partial charge on any atom is 0.255 e. The lowest BCUT2D eigenvalue weighted by Gasteiger charge is -2.32. The van der Waals surface area contributed by atoms with Gasteiger partial charge in [0.2, 0.25) is 0 Å². The molecule has 0 heterocycles. The monoisotopic (exact) mass is 250 g/mol. The second-order valence-corrected chi connectivity index (χ2v) is 5.36. The summed E-state index contributed by atoms with van der Waals surface area (Å²) in [6, 6.07) is 5.16. The molecule has 4 nitrogen and oxygen atoms in total. The Balaban J connectivity index is 2.75. The molecule has 4 heteroatoms. The largest absolute Gasteiger partial charge is 0.507 e. The Hall–Kier alpha value is -1.55. The Labute approximate surface area is 109 Å². The fourth-order valence-corrected chi connectivity index (χ4v) is 1.39. The van der Waals surface area contributed by atoms with Gasteiger partial charge in [0.1, 0.15) is 5.75 Å². The molecular formula is C14H22N2O2. The van der Waals surface area contributed by atoms with Crippen molar-refractivity contribution in [3.63, 3.8) is 0 Å². The Kier molecular flexibility index (Phi) is 4.35. The molecule has 0 saturated heterocycles. The number of rotatable bonds is 4. The maximum absolute atomic E-state index is 12.0. The molecule has 100 valence electrons. The van der Waals surface area contributed by atoms with Crippen LogP contribution in [0.2, 0.25) is 0 Å². The number of benzene rings is 1. The van der Waals surface area contributed by atoms with E-state index in [9.17, 15) is 9.90 Å². The minimum absolute atomic E-state index is 0.0534. The average molecular weight is 250 g/mol. The van der Waals surface area contributed by atoms with Gasteiger partial charge in [-0.05, 0) is 46.5 Å². The van der Waals surface area contributed by atoms with Crippen LogP contribution in [0.5, 0.6) is 5.75 Å². The summed E-state index contributed by atoms with van der Waals surface area (Å²) in [5, 5.41) is 12.7. The molecule has 0 radical (unpaired) electrons. The second-order valence-electron chi connectivity index (χ2n) is 5.36. The summed E-state index contributed by atoms with van der Waals surface area (Å²) in [7, 11) is 3.94. The Morgan fingerprint density at radius 2 is 2.00 bits per heavy atom. The lowest BCUT2D eigenvalue weighted by Crippen LogP contribution is -2.48. The van der Waals surface area contributed by atoms with E-state index in [0.29, 0.717) is 17.7 Å². The van der Waals surface area contributed by atoms with Crippen LogP contribution in [0.4, 0.5) is 0 Å². The number of aromatic hydroxyl groups is 1. The van der Waals surface area contributed by atoms with Crippen LogP contribution in [0.15, 0.2) is 18.2 Å². The Bertz CT molecular complexity index is 439. The first kappa shape index (κ1) is 14.5. The number of nitrogens with zero attached hydrogens (tertiary/aromatic N) is 1. The van der Waals surface area contributed by atoms with E-state index in [1.165, 1.54) is 0 Å². The number of carbonyl (C=O) groups excluding carboxylic acids is 1. The number of phenols is 1. The van der Waals surface area contributed by atoms with E-state index in [0.717, 1.165) is 0 Å². The summed E-state index contributed by atoms with van der Waals surface area (Å²) in [6.07, 6.45) is 0. The van der Waals surface area contributed by atoms with Gasteiger partial charge >= 0.3 is 0 Å². The summed E-state index contributed by atoms with van der Waals surface area (Å²) in [4.78, 5) is 14.0. The molecule has 0 aromatic heterocycles. The topological polar surface area (TPSA) is 52.6 Å². The summed E-state index contributed by atoms with van der Waals surface area (Å²) in [5.41, 5.74) is 0.897. The van der Waals surface area contributed by atoms with Crippen LogP contribution in [-0.2, 0) is 0 Å². The third-order valence-corrected chi connectivity index (χ3v) is 3.37. The molecule has 0 aliphatic heterocycles. The zero-order valence-electron chi connectivity index (χ0n) is 11.7. The number of phenolic OH excluding ortho intramolecular Hbond substituents is 1. The van der Waals surface area contributed by atoms with Crippen LogP contribution in [-0.4, -0.2) is 42.1 Å². The van der Waals surface area contributed by atoms with Gasteiger partial charge in [0.05, 0.1) is 5.56 Å². The molecule has 0 bridgehead atoms. The number of carbonyl (C=O) groups is 1. The summed E-state index contributed by atoms with van der Waals surface area (Å²) < 4.78 is 0. The molecule has 0 aliphatic carbocycles. The predicted molar refractivity (Wildman–Crippen MR) is 72.9 cm³/mol. The highest BCUT2D eigenvalue weighted by Gasteiger charge is 2.22. The number of amides is 1. The number of para-hydroxylation sites is 1. The smallest absolute Gasteiger partial charge is 0.255 e. The summed E-state index contributed by atoms with van der Waals surface area (Å²) >= 11 is 0. The van der Waals surface area contributed by atoms with Crippen LogP contribution in [0.25, 0.3) is 0 Å². The summed E-state index contributed by atoms with van der Waals surface area (Å²) in [5.74, 6) is -0.191. The third-order valence-electron chi connectivity index (χ3n) is 3.37. The first-order valence-corrected chi connectivity index (χ1v) is 6.00. The first-order valence-electron chi connectivity index (χ1n) is 6.00. The molecule has 0 spiro atoms. The van der Waals surface area contributed by atoms with Crippen LogP contribution < -0.4 is 5.32 Å². The van der Waals surface area contributed by atoms with E-state index in [4.69, 9.17) is 0 Å². The van der Waals surface area contributed by atoms with Crippen LogP contribution in [0, 0.1) is 6.92 Å². The first-order chi connectivity index (χ1) is 8.25. The van der Waals surface area contributed by atoms with Gasteiger partial charge < -0.3 is 15.3 Å². The standard InChI is InChI=1S/C14H22N2O2/c1-10-7-6-8-11(12(10)17)13(18)15-9-14(2,3)16(4)5/h6-8,17H,9H2,1-5H3,(H,15,18). The van der Waals surface area contributed by atoms with Gasteiger partial charge in [0.25, 0.3) is 5.91 Å². The highest BCUT2D eigenvalue weighted by atomic mass is 16.3. The van der Waals surface area contributed by atoms with E-state index in [-0.39, 0.29) is 17.2 Å². The predicted octanol–water partition coefficient (Wildman–Crippen LogP) is 1.77. The zero-order valence-corrected chi connectivity index (χ0v) is 11.7. The SMILES string of the molecule is Cc1cccc(C(=O)NCC(C)(C)N(C)C)c1O. The van der Waals surface area contributed by atoms with E-state index < -0.39 is 0 Å². The number of aryl methyl sites for hydroxylation is 1. The highest BCUT2D eigenvalue weighted by Crippen LogP contribution is 2.21. The zero-order chi connectivity index (χ0) is 13.9. The van der Waals surface area contributed by atoms with Gasteiger partial charge in [0, 0.05) is 12.1 Å². The number of hydrogen-bond acceptors (Lipinski definition) is 3. The van der Waals surface area contributed by atoms with E-state index in [1.807, 2.05) is 32.8 Å². The number of nitrogens with one attached hydrogen (secondary N) is 1. The van der Waals surface area contributed by atoms with Gasteiger partial charge in [0.15, 0.2) is 0 Å². The van der Waals surface area contributed by atoms with Crippen molar-refractivity contribution in [2.24, 2.45) is 0 Å². The molecule has 1 aromatic carbocycles. The third kappa shape index (κ3) is 3.23. The van der Waals surface area contributed by atoms with Gasteiger partial charge in [-0.1, -0.05) is 12.1 Å². The van der Waals surface area contributed by atoms with Gasteiger partial charge in [-0.25, -0.2) is 0 Å². The average Bonchev–Trinajstić information content (AvgIpc) is 2.29. The van der Waals surface area contributed by atoms with Gasteiger partial charge in [-0.3, -0.25) is 4.79 Å². The molecule has 18 heavy (non-hydrogen) atoms. The van der Waals surface area contributed by atoms with E-state index in [2.05, 4.69) is 5.32 Å². The van der Waals surface area contributed by atoms with Crippen LogP contribution in [0.3, 0.4) is 0 Å². The molecule has 0 unspecified atom stereocenters. The summed E-state index contributed by atoms with van der Waals surface area (Å²) in [6.45, 7) is 6.38. The van der Waals surface area contributed by atoms with E-state index >= 15 is 0 Å². The molecule has 1 amide bonds. The molecule has 0 aliphatic rings. The molecule has 0 saturated carbocycles. The molecular weight excluding hydrogens is 228 g/mol. The maximum atomic E-state index is 12.0. The highest BCUT2D eigenvalue weighted by molar-refractivity contribution is 5.97. The number of likely N-dealkylation sites (N-methyl/N-ethyl adjacent to an activating group) is 1. The lowest BCUT2D eigenvalue weighted by atomic mass is 10.0. The number of hydrogen-bond donors (Lipinski definition) is 2. The minimum Gasteiger partial charge on any atom is -0.507 e. The Morgan fingerprint density at radius 1 is 1.39 bits per heavy atom. The van der Waals surface area contributed by atoms with Crippen molar-refractivity contribution >= 4 is 5.91 Å². The molecule has 0 fully saturated rings. The van der Waals surface area contributed by atoms with Crippen molar-refractivity contribution in [1.29, 1.82) is 0 Å². The van der Waals surface area contributed by atoms with Crippen LogP contribution in [0.1, 0.15) is 29.8 Å². The second kappa shape index (κ2) is 5.40. The quantitative estimate of drug-likeness (QED) is 0.856. The van der Waals surface area contributed by atoms with Crippen molar-refractivity contribution in [3.05, 3.63) is 29.3 Å². The lowest BCUT2D eigenvalue weighted by molar-refractivity contribution is 0.0917. The van der Waals surface area contributed by atoms with Crippen molar-refractivity contribution < 1.29 is 9.90 Å². The van der Waals surface area contributed by atoms with Crippen molar-refractivity contribution in [3.8, 4) is 5.75 Å². The van der Waals surface area contributed by atoms with Gasteiger partial charge in [-0.2, -0.15) is 0 Å². The van der Waals surface area contributed by atoms with Crippen molar-refractivity contribution in [2.45, 2.75) is 26.3 Å². The molecule has 0 atom stereocenters. The van der Waals surface area contributed by atoms with Crippen LogP contribution >= 0.6 is 0 Å². The van der Waals surface area contributed by atoms with E-state index in [1.54, 1.807) is 25.1 Å². The minimum atomic E-state index is -0.244. The fourth-order valence-electron chi connectivity index (χ4n) is 1.39. The molecule has 2 N–H and O–H groups in total. The fraction of sp³-hybridized carbons (Fsp3) is 0.500. The molecule has 1 rings (SSSR count). The van der Waals surface area contributed by atoms with Gasteiger partial charge in [-0.15, -0.1) is 0 Å². The molecule has 1 aromatic rings. The normalized spacial score (nSPS) is 11.7. The van der Waals surface area contributed by atoms with Crippen molar-refractivity contribution in [1.82, 2.24) is 10.2 Å². The van der Waals surface area contributed by atoms with Crippen molar-refractivity contribution in [2.75, 3.05) is 20.6 Å². The Morgan fingerprint density at radius 3 is 2.56 bits per heavy atom.